The standard InChI is InChI=1S/C20H34FNO4SSi/c1-19(2,3)27(25)22-17(13-26-28(7,8)20(4,5)6)15-10-9-14(11-16(15)21)12-18(23)24/h9-11,17,22H,12-13H2,1-8H3,(H,23,24)/t17?,27-/m0/s1. The van der Waals surface area contributed by atoms with Gasteiger partial charge in [0.15, 0.2) is 8.32 Å². The second-order valence-corrected chi connectivity index (χ2v) is 16.4. The molecule has 1 rings (SSSR count). The van der Waals surface area contributed by atoms with Crippen molar-refractivity contribution in [1.82, 2.24) is 4.72 Å². The summed E-state index contributed by atoms with van der Waals surface area (Å²) in [6, 6.07) is 3.77. The average Bonchev–Trinajstić information content (AvgIpc) is 2.49. The van der Waals surface area contributed by atoms with E-state index in [2.05, 4.69) is 38.6 Å². The Bertz CT molecular complexity index is 686. The largest absolute Gasteiger partial charge is 0.598 e. The Labute approximate surface area is 172 Å². The molecular weight excluding hydrogens is 397 g/mol. The molecule has 1 unspecified atom stereocenters. The van der Waals surface area contributed by atoms with Gasteiger partial charge in [0.2, 0.25) is 0 Å². The number of nitrogens with one attached hydrogen (secondary N) is 1. The van der Waals surface area contributed by atoms with Crippen molar-refractivity contribution in [3.63, 3.8) is 0 Å². The predicted octanol–water partition coefficient (Wildman–Crippen LogP) is 4.57. The van der Waals surface area contributed by atoms with Crippen molar-refractivity contribution in [1.29, 1.82) is 0 Å². The molecule has 0 bridgehead atoms. The molecule has 0 saturated carbocycles. The minimum atomic E-state index is -2.09. The van der Waals surface area contributed by atoms with Crippen LogP contribution in [-0.4, -0.2) is 35.3 Å². The highest BCUT2D eigenvalue weighted by atomic mass is 32.2. The maximum Gasteiger partial charge on any atom is 0.307 e. The van der Waals surface area contributed by atoms with Crippen LogP contribution in [0.3, 0.4) is 0 Å². The Morgan fingerprint density at radius 3 is 2.29 bits per heavy atom. The minimum Gasteiger partial charge on any atom is -0.598 e. The van der Waals surface area contributed by atoms with Crippen LogP contribution in [0.25, 0.3) is 0 Å². The molecule has 8 heteroatoms. The van der Waals surface area contributed by atoms with Crippen LogP contribution in [0.1, 0.15) is 58.7 Å². The van der Waals surface area contributed by atoms with Gasteiger partial charge in [-0.05, 0) is 50.5 Å². The zero-order valence-corrected chi connectivity index (χ0v) is 20.0. The zero-order valence-electron chi connectivity index (χ0n) is 18.2. The van der Waals surface area contributed by atoms with Crippen molar-refractivity contribution >= 4 is 25.6 Å². The molecule has 28 heavy (non-hydrogen) atoms. The highest BCUT2D eigenvalue weighted by Gasteiger charge is 2.39. The van der Waals surface area contributed by atoms with Gasteiger partial charge in [0, 0.05) is 16.9 Å². The number of aliphatic carboxylic acids is 1. The Kier molecular flexibility index (Phi) is 8.30. The summed E-state index contributed by atoms with van der Waals surface area (Å²) in [7, 11) is -2.09. The van der Waals surface area contributed by atoms with Crippen LogP contribution in [0.2, 0.25) is 18.1 Å². The summed E-state index contributed by atoms with van der Waals surface area (Å²) in [4.78, 5) is 10.9. The van der Waals surface area contributed by atoms with Crippen molar-refractivity contribution in [3.05, 3.63) is 35.1 Å². The first kappa shape index (κ1) is 25.1. The molecular formula is C20H34FNO4SSi. The molecule has 0 heterocycles. The third-order valence-electron chi connectivity index (χ3n) is 5.02. The molecule has 0 aliphatic heterocycles. The summed E-state index contributed by atoms with van der Waals surface area (Å²) in [5.74, 6) is -1.54. The van der Waals surface area contributed by atoms with E-state index in [4.69, 9.17) is 9.53 Å². The summed E-state index contributed by atoms with van der Waals surface area (Å²) < 4.78 is 36.2. The lowest BCUT2D eigenvalue weighted by atomic mass is 10.0. The number of carbonyl (C=O) groups is 1. The van der Waals surface area contributed by atoms with Crippen LogP contribution < -0.4 is 4.72 Å². The SMILES string of the molecule is CC(C)(C)[S@+]([O-])NC(CO[Si](C)(C)C(C)(C)C)c1ccc(CC(=O)O)cc1F. The maximum absolute atomic E-state index is 14.8. The molecule has 160 valence electrons. The second-order valence-electron chi connectivity index (χ2n) is 9.55. The predicted molar refractivity (Wildman–Crippen MR) is 115 cm³/mol. The van der Waals surface area contributed by atoms with E-state index < -0.39 is 42.3 Å². The number of benzene rings is 1. The van der Waals surface area contributed by atoms with E-state index in [1.165, 1.54) is 6.07 Å². The van der Waals surface area contributed by atoms with E-state index in [1.54, 1.807) is 12.1 Å². The zero-order chi connectivity index (χ0) is 21.9. The summed E-state index contributed by atoms with van der Waals surface area (Å²) >= 11 is -1.42. The molecule has 5 nitrogen and oxygen atoms in total. The molecule has 0 fully saturated rings. The lowest BCUT2D eigenvalue weighted by molar-refractivity contribution is -0.136. The molecule has 0 aliphatic rings. The van der Waals surface area contributed by atoms with Gasteiger partial charge in [0.05, 0.1) is 13.0 Å². The molecule has 1 aromatic carbocycles. The molecule has 2 atom stereocenters. The van der Waals surface area contributed by atoms with Crippen LogP contribution in [0.5, 0.6) is 0 Å². The van der Waals surface area contributed by atoms with Crippen molar-refractivity contribution < 1.29 is 23.3 Å². The molecule has 0 radical (unpaired) electrons. The topological polar surface area (TPSA) is 81.6 Å². The third-order valence-corrected chi connectivity index (χ3v) is 11.1. The van der Waals surface area contributed by atoms with E-state index in [0.29, 0.717) is 11.1 Å². The molecule has 0 saturated heterocycles. The van der Waals surface area contributed by atoms with E-state index in [9.17, 15) is 13.7 Å². The Hall–Kier alpha value is -0.933. The first-order chi connectivity index (χ1) is 12.5. The van der Waals surface area contributed by atoms with E-state index in [1.807, 2.05) is 20.8 Å². The van der Waals surface area contributed by atoms with Gasteiger partial charge in [0.25, 0.3) is 0 Å². The minimum absolute atomic E-state index is 0.00931. The highest BCUT2D eigenvalue weighted by molar-refractivity contribution is 7.90. The van der Waals surface area contributed by atoms with Crippen molar-refractivity contribution in [2.24, 2.45) is 0 Å². The van der Waals surface area contributed by atoms with Gasteiger partial charge in [-0.25, -0.2) is 4.39 Å². The number of halogens is 1. The molecule has 1 aromatic rings. The van der Waals surface area contributed by atoms with Crippen LogP contribution in [0.4, 0.5) is 4.39 Å². The summed E-state index contributed by atoms with van der Waals surface area (Å²) in [5.41, 5.74) is 0.709. The van der Waals surface area contributed by atoms with Gasteiger partial charge in [-0.15, -0.1) is 4.72 Å². The number of hydrogen-bond donors (Lipinski definition) is 2. The average molecular weight is 432 g/mol. The Balaban J connectivity index is 3.15. The van der Waals surface area contributed by atoms with Gasteiger partial charge in [-0.1, -0.05) is 32.9 Å². The van der Waals surface area contributed by atoms with Crippen LogP contribution in [0.15, 0.2) is 18.2 Å². The fraction of sp³-hybridized carbons (Fsp3) is 0.650. The summed E-state index contributed by atoms with van der Waals surface area (Å²) in [6.07, 6.45) is -0.246. The smallest absolute Gasteiger partial charge is 0.307 e. The first-order valence-corrected chi connectivity index (χ1v) is 13.4. The number of hydrogen-bond acceptors (Lipinski definition) is 4. The van der Waals surface area contributed by atoms with Crippen molar-refractivity contribution in [2.75, 3.05) is 6.61 Å². The lowest BCUT2D eigenvalue weighted by Gasteiger charge is -2.37. The molecule has 0 aliphatic carbocycles. The fourth-order valence-electron chi connectivity index (χ4n) is 2.14. The molecule has 0 amide bonds. The molecule has 0 aromatic heterocycles. The summed E-state index contributed by atoms with van der Waals surface area (Å²) in [6.45, 7) is 16.3. The van der Waals surface area contributed by atoms with Crippen LogP contribution in [0, 0.1) is 5.82 Å². The van der Waals surface area contributed by atoms with E-state index >= 15 is 0 Å². The van der Waals surface area contributed by atoms with Gasteiger partial charge < -0.3 is 14.1 Å². The van der Waals surface area contributed by atoms with E-state index in [0.717, 1.165) is 0 Å². The van der Waals surface area contributed by atoms with Crippen LogP contribution in [-0.2, 0) is 27.0 Å². The summed E-state index contributed by atoms with van der Waals surface area (Å²) in [5, 5.41) is 8.90. The third kappa shape index (κ3) is 7.15. The van der Waals surface area contributed by atoms with Crippen LogP contribution >= 0.6 is 0 Å². The highest BCUT2D eigenvalue weighted by Crippen LogP contribution is 2.37. The van der Waals surface area contributed by atoms with Gasteiger partial charge in [0.1, 0.15) is 16.6 Å². The number of carboxylic acid groups (broad SMARTS) is 1. The second kappa shape index (κ2) is 9.26. The van der Waals surface area contributed by atoms with Gasteiger partial charge in [-0.3, -0.25) is 4.79 Å². The monoisotopic (exact) mass is 431 g/mol. The van der Waals surface area contributed by atoms with Crippen molar-refractivity contribution in [2.45, 2.75) is 76.9 Å². The maximum atomic E-state index is 14.8. The molecule has 0 spiro atoms. The van der Waals surface area contributed by atoms with Gasteiger partial charge >= 0.3 is 5.97 Å². The van der Waals surface area contributed by atoms with E-state index in [-0.39, 0.29) is 18.1 Å². The van der Waals surface area contributed by atoms with Crippen molar-refractivity contribution in [3.8, 4) is 0 Å². The fourth-order valence-corrected chi connectivity index (χ4v) is 3.96. The number of rotatable bonds is 8. The molecule has 2 N–H and O–H groups in total. The lowest BCUT2D eigenvalue weighted by Crippen LogP contribution is -2.46. The van der Waals surface area contributed by atoms with Gasteiger partial charge in [-0.2, -0.15) is 0 Å². The Morgan fingerprint density at radius 1 is 1.29 bits per heavy atom. The quantitative estimate of drug-likeness (QED) is 0.465. The Morgan fingerprint density at radius 2 is 1.86 bits per heavy atom. The first-order valence-electron chi connectivity index (χ1n) is 9.37. The number of carboxylic acids is 1. The normalized spacial score (nSPS) is 15.4.